The second-order valence-electron chi connectivity index (χ2n) is 5.79. The minimum atomic E-state index is -3.66. The highest BCUT2D eigenvalue weighted by molar-refractivity contribution is 7.89. The summed E-state index contributed by atoms with van der Waals surface area (Å²) in [5.41, 5.74) is 1.19. The number of nitrogens with one attached hydrogen (secondary N) is 1. The molecule has 1 saturated heterocycles. The normalized spacial score (nSPS) is 15.6. The van der Waals surface area contributed by atoms with E-state index in [9.17, 15) is 13.2 Å². The van der Waals surface area contributed by atoms with Crippen molar-refractivity contribution in [1.29, 1.82) is 0 Å². The zero-order valence-electron chi connectivity index (χ0n) is 14.1. The molecule has 3 rings (SSSR count). The van der Waals surface area contributed by atoms with Crippen LogP contribution in [0.25, 0.3) is 0 Å². The molecule has 1 aromatic carbocycles. The second kappa shape index (κ2) is 7.71. The number of hydrogen-bond acceptors (Lipinski definition) is 5. The van der Waals surface area contributed by atoms with Crippen molar-refractivity contribution in [3.05, 3.63) is 52.8 Å². The second-order valence-corrected chi connectivity index (χ2v) is 8.06. The van der Waals surface area contributed by atoms with Gasteiger partial charge in [-0.1, -0.05) is 17.7 Å². The summed E-state index contributed by atoms with van der Waals surface area (Å²) in [5.74, 6) is -0.457. The zero-order valence-corrected chi connectivity index (χ0v) is 15.7. The first-order valence-electron chi connectivity index (χ1n) is 8.00. The Labute approximate surface area is 157 Å². The number of nitrogens with zero attached hydrogens (tertiary/aromatic N) is 2. The van der Waals surface area contributed by atoms with Crippen molar-refractivity contribution >= 4 is 33.2 Å². The van der Waals surface area contributed by atoms with Gasteiger partial charge in [-0.25, -0.2) is 13.4 Å². The van der Waals surface area contributed by atoms with Crippen molar-refractivity contribution in [2.24, 2.45) is 0 Å². The van der Waals surface area contributed by atoms with E-state index < -0.39 is 15.9 Å². The van der Waals surface area contributed by atoms with Crippen LogP contribution in [-0.4, -0.2) is 49.9 Å². The highest BCUT2D eigenvalue weighted by Gasteiger charge is 2.28. The molecule has 0 bridgehead atoms. The van der Waals surface area contributed by atoms with Crippen molar-refractivity contribution in [2.75, 3.05) is 31.6 Å². The van der Waals surface area contributed by atoms with Crippen molar-refractivity contribution < 1.29 is 17.9 Å². The highest BCUT2D eigenvalue weighted by atomic mass is 35.5. The molecule has 1 aliphatic heterocycles. The Morgan fingerprint density at radius 1 is 1.27 bits per heavy atom. The molecule has 0 atom stereocenters. The number of pyridine rings is 1. The predicted octanol–water partition coefficient (Wildman–Crippen LogP) is 2.32. The van der Waals surface area contributed by atoms with Gasteiger partial charge in [0, 0.05) is 25.0 Å². The van der Waals surface area contributed by atoms with E-state index >= 15 is 0 Å². The first-order valence-corrected chi connectivity index (χ1v) is 9.82. The topological polar surface area (TPSA) is 88.6 Å². The van der Waals surface area contributed by atoms with Crippen LogP contribution >= 0.6 is 11.6 Å². The summed E-state index contributed by atoms with van der Waals surface area (Å²) >= 11 is 5.93. The summed E-state index contributed by atoms with van der Waals surface area (Å²) in [5, 5.41) is 2.75. The van der Waals surface area contributed by atoms with Gasteiger partial charge in [0.05, 0.1) is 23.7 Å². The van der Waals surface area contributed by atoms with Gasteiger partial charge in [-0.05, 0) is 36.8 Å². The Balaban J connectivity index is 1.88. The number of amides is 1. The fraction of sp³-hybridized carbons (Fsp3) is 0.294. The van der Waals surface area contributed by atoms with Crippen molar-refractivity contribution in [3.8, 4) is 0 Å². The smallest absolute Gasteiger partial charge is 0.258 e. The van der Waals surface area contributed by atoms with Crippen LogP contribution in [0.2, 0.25) is 5.15 Å². The van der Waals surface area contributed by atoms with E-state index in [4.69, 9.17) is 16.3 Å². The molecule has 138 valence electrons. The molecular formula is C17H18ClN3O4S. The minimum Gasteiger partial charge on any atom is -0.379 e. The lowest BCUT2D eigenvalue weighted by Crippen LogP contribution is -2.40. The highest BCUT2D eigenvalue weighted by Crippen LogP contribution is 2.25. The summed E-state index contributed by atoms with van der Waals surface area (Å²) in [6.45, 7) is 3.08. The van der Waals surface area contributed by atoms with Crippen LogP contribution in [-0.2, 0) is 14.8 Å². The monoisotopic (exact) mass is 395 g/mol. The Bertz CT molecular complexity index is 927. The molecule has 0 spiro atoms. The van der Waals surface area contributed by atoms with E-state index in [2.05, 4.69) is 10.3 Å². The van der Waals surface area contributed by atoms with Gasteiger partial charge in [0.2, 0.25) is 10.0 Å². The maximum Gasteiger partial charge on any atom is 0.258 e. The van der Waals surface area contributed by atoms with Gasteiger partial charge in [0.1, 0.15) is 5.15 Å². The van der Waals surface area contributed by atoms with E-state index in [0.29, 0.717) is 37.6 Å². The van der Waals surface area contributed by atoms with Gasteiger partial charge in [-0.3, -0.25) is 4.79 Å². The molecule has 7 nitrogen and oxygen atoms in total. The van der Waals surface area contributed by atoms with Gasteiger partial charge >= 0.3 is 0 Å². The van der Waals surface area contributed by atoms with Crippen molar-refractivity contribution in [1.82, 2.24) is 9.29 Å². The van der Waals surface area contributed by atoms with Crippen LogP contribution in [0.3, 0.4) is 0 Å². The fourth-order valence-corrected chi connectivity index (χ4v) is 4.50. The molecule has 1 N–H and O–H groups in total. The summed E-state index contributed by atoms with van der Waals surface area (Å²) in [6, 6.07) is 7.92. The molecule has 2 heterocycles. The van der Waals surface area contributed by atoms with Crippen LogP contribution < -0.4 is 5.32 Å². The van der Waals surface area contributed by atoms with Gasteiger partial charge < -0.3 is 10.1 Å². The number of benzene rings is 1. The maximum atomic E-state index is 12.9. The SMILES string of the molecule is Cc1ccc(NC(=O)c2cccnc2Cl)cc1S(=O)(=O)N1CCOCC1. The molecule has 2 aromatic rings. The molecule has 1 aliphatic rings. The van der Waals surface area contributed by atoms with Crippen LogP contribution in [0.5, 0.6) is 0 Å². The fourth-order valence-electron chi connectivity index (χ4n) is 2.64. The molecule has 0 saturated carbocycles. The van der Waals surface area contributed by atoms with Crippen LogP contribution in [0.1, 0.15) is 15.9 Å². The Kier molecular flexibility index (Phi) is 5.57. The molecule has 0 aliphatic carbocycles. The molecular weight excluding hydrogens is 378 g/mol. The molecule has 1 amide bonds. The standard InChI is InChI=1S/C17H18ClN3O4S/c1-12-4-5-13(20-17(22)14-3-2-6-19-16(14)18)11-15(12)26(23,24)21-7-9-25-10-8-21/h2-6,11H,7-10H2,1H3,(H,20,22). The average Bonchev–Trinajstić information content (AvgIpc) is 2.64. The number of carbonyl (C=O) groups is 1. The lowest BCUT2D eigenvalue weighted by atomic mass is 10.2. The maximum absolute atomic E-state index is 12.9. The first-order chi connectivity index (χ1) is 12.4. The summed E-state index contributed by atoms with van der Waals surface area (Å²) in [4.78, 5) is 16.4. The summed E-state index contributed by atoms with van der Waals surface area (Å²) in [7, 11) is -3.66. The number of halogens is 1. The molecule has 0 unspecified atom stereocenters. The largest absolute Gasteiger partial charge is 0.379 e. The van der Waals surface area contributed by atoms with Crippen molar-refractivity contribution in [3.63, 3.8) is 0 Å². The van der Waals surface area contributed by atoms with Crippen molar-refractivity contribution in [2.45, 2.75) is 11.8 Å². The van der Waals surface area contributed by atoms with E-state index in [1.54, 1.807) is 31.2 Å². The van der Waals surface area contributed by atoms with Gasteiger partial charge in [0.15, 0.2) is 0 Å². The average molecular weight is 396 g/mol. The summed E-state index contributed by atoms with van der Waals surface area (Å²) in [6.07, 6.45) is 1.48. The Morgan fingerprint density at radius 2 is 2.00 bits per heavy atom. The molecule has 1 aromatic heterocycles. The number of anilines is 1. The summed E-state index contributed by atoms with van der Waals surface area (Å²) < 4.78 is 32.4. The number of aryl methyl sites for hydroxylation is 1. The predicted molar refractivity (Wildman–Crippen MR) is 98.0 cm³/mol. The number of carbonyl (C=O) groups excluding carboxylic acids is 1. The molecule has 0 radical (unpaired) electrons. The lowest BCUT2D eigenvalue weighted by Gasteiger charge is -2.26. The number of rotatable bonds is 4. The van der Waals surface area contributed by atoms with Crippen LogP contribution in [0.15, 0.2) is 41.4 Å². The molecule has 26 heavy (non-hydrogen) atoms. The number of sulfonamides is 1. The third kappa shape index (κ3) is 3.88. The molecule has 1 fully saturated rings. The third-order valence-electron chi connectivity index (χ3n) is 4.04. The number of hydrogen-bond donors (Lipinski definition) is 1. The third-order valence-corrected chi connectivity index (χ3v) is 6.38. The number of ether oxygens (including phenoxy) is 1. The Hall–Kier alpha value is -2.00. The number of morpholine rings is 1. The Morgan fingerprint density at radius 3 is 2.69 bits per heavy atom. The van der Waals surface area contributed by atoms with E-state index in [1.807, 2.05) is 0 Å². The quantitative estimate of drug-likeness (QED) is 0.802. The zero-order chi connectivity index (χ0) is 18.7. The lowest BCUT2D eigenvalue weighted by molar-refractivity contribution is 0.0730. The van der Waals surface area contributed by atoms with Crippen LogP contribution in [0.4, 0.5) is 5.69 Å². The van der Waals surface area contributed by atoms with Gasteiger partial charge in [0.25, 0.3) is 5.91 Å². The molecule has 9 heteroatoms. The van der Waals surface area contributed by atoms with Crippen LogP contribution in [0, 0.1) is 6.92 Å². The number of aromatic nitrogens is 1. The van der Waals surface area contributed by atoms with Gasteiger partial charge in [-0.2, -0.15) is 4.31 Å². The minimum absolute atomic E-state index is 0.0817. The van der Waals surface area contributed by atoms with E-state index in [-0.39, 0.29) is 15.6 Å². The first kappa shape index (κ1) is 18.8. The van der Waals surface area contributed by atoms with Gasteiger partial charge in [-0.15, -0.1) is 0 Å². The van der Waals surface area contributed by atoms with E-state index in [1.165, 1.54) is 16.6 Å². The van der Waals surface area contributed by atoms with E-state index in [0.717, 1.165) is 0 Å².